The second-order valence-corrected chi connectivity index (χ2v) is 7.83. The van der Waals surface area contributed by atoms with E-state index >= 15 is 0 Å². The van der Waals surface area contributed by atoms with Gasteiger partial charge in [0.1, 0.15) is 0 Å². The lowest BCUT2D eigenvalue weighted by Gasteiger charge is -2.30. The van der Waals surface area contributed by atoms with Gasteiger partial charge in [0.05, 0.1) is 11.9 Å². The second kappa shape index (κ2) is 5.83. The van der Waals surface area contributed by atoms with Crippen molar-refractivity contribution in [2.75, 3.05) is 26.4 Å². The number of rotatable bonds is 5. The van der Waals surface area contributed by atoms with Crippen LogP contribution >= 0.6 is 0 Å². The number of sulfonamides is 1. The topological polar surface area (TPSA) is 58.4 Å². The van der Waals surface area contributed by atoms with Crippen LogP contribution in [-0.4, -0.2) is 65.9 Å². The van der Waals surface area contributed by atoms with E-state index in [1.54, 1.807) is 15.9 Å². The van der Waals surface area contributed by atoms with Gasteiger partial charge >= 0.3 is 0 Å². The molecule has 1 aliphatic heterocycles. The van der Waals surface area contributed by atoms with E-state index in [4.69, 9.17) is 0 Å². The molecule has 1 fully saturated rings. The van der Waals surface area contributed by atoms with E-state index in [-0.39, 0.29) is 17.8 Å². The lowest BCUT2D eigenvalue weighted by molar-refractivity contribution is 0.237. The van der Waals surface area contributed by atoms with Crippen LogP contribution in [0.15, 0.2) is 12.4 Å². The van der Waals surface area contributed by atoms with E-state index in [1.165, 1.54) is 0 Å². The van der Waals surface area contributed by atoms with Crippen LogP contribution in [0.5, 0.6) is 0 Å². The third-order valence-corrected chi connectivity index (χ3v) is 5.95. The van der Waals surface area contributed by atoms with Gasteiger partial charge < -0.3 is 4.90 Å². The number of aryl methyl sites for hydroxylation is 1. The zero-order valence-corrected chi connectivity index (χ0v) is 13.5. The minimum absolute atomic E-state index is 0.000787. The predicted molar refractivity (Wildman–Crippen MR) is 79.0 cm³/mol. The molecule has 0 amide bonds. The summed E-state index contributed by atoms with van der Waals surface area (Å²) >= 11 is 0. The minimum Gasteiger partial charge on any atom is -0.305 e. The summed E-state index contributed by atoms with van der Waals surface area (Å²) in [6.07, 6.45) is 5.39. The molecule has 20 heavy (non-hydrogen) atoms. The van der Waals surface area contributed by atoms with Crippen LogP contribution in [0.2, 0.25) is 0 Å². The minimum atomic E-state index is -3.15. The maximum absolute atomic E-state index is 12.3. The van der Waals surface area contributed by atoms with E-state index in [9.17, 15) is 8.42 Å². The van der Waals surface area contributed by atoms with Crippen LogP contribution in [0.25, 0.3) is 0 Å². The van der Waals surface area contributed by atoms with Gasteiger partial charge in [-0.15, -0.1) is 0 Å². The fourth-order valence-electron chi connectivity index (χ4n) is 2.98. The zero-order valence-electron chi connectivity index (χ0n) is 12.7. The van der Waals surface area contributed by atoms with Gasteiger partial charge in [-0.2, -0.15) is 9.40 Å². The summed E-state index contributed by atoms with van der Waals surface area (Å²) in [5.41, 5.74) is 1.09. The van der Waals surface area contributed by atoms with Crippen LogP contribution < -0.4 is 0 Å². The lowest BCUT2D eigenvalue weighted by Crippen LogP contribution is -2.46. The van der Waals surface area contributed by atoms with Crippen molar-refractivity contribution >= 4 is 10.0 Å². The Morgan fingerprint density at radius 3 is 2.65 bits per heavy atom. The summed E-state index contributed by atoms with van der Waals surface area (Å²) in [6.45, 7) is 2.32. The molecule has 0 bridgehead atoms. The van der Waals surface area contributed by atoms with Crippen molar-refractivity contribution in [3.8, 4) is 0 Å². The molecule has 1 saturated heterocycles. The molecule has 0 radical (unpaired) electrons. The Morgan fingerprint density at radius 1 is 1.45 bits per heavy atom. The van der Waals surface area contributed by atoms with Gasteiger partial charge in [0.15, 0.2) is 0 Å². The monoisotopic (exact) mass is 300 g/mol. The predicted octanol–water partition coefficient (Wildman–Crippen LogP) is 0.317. The largest absolute Gasteiger partial charge is 0.305 e. The summed E-state index contributed by atoms with van der Waals surface area (Å²) in [7, 11) is 2.76. The van der Waals surface area contributed by atoms with Gasteiger partial charge in [-0.25, -0.2) is 8.42 Å². The Morgan fingerprint density at radius 2 is 2.15 bits per heavy atom. The van der Waals surface area contributed by atoms with Crippen molar-refractivity contribution in [2.45, 2.75) is 31.8 Å². The number of likely N-dealkylation sites (N-methyl/N-ethyl adjacent to an activating group) is 1. The molecule has 1 aliphatic rings. The van der Waals surface area contributed by atoms with Crippen LogP contribution in [0.3, 0.4) is 0 Å². The van der Waals surface area contributed by atoms with Crippen molar-refractivity contribution in [3.63, 3.8) is 0 Å². The number of nitrogens with zero attached hydrogens (tertiary/aromatic N) is 4. The fraction of sp³-hybridized carbons (Fsp3) is 0.769. The summed E-state index contributed by atoms with van der Waals surface area (Å²) in [5, 5.41) is 4.17. The molecule has 2 atom stereocenters. The normalized spacial score (nSPS) is 24.6. The SMILES string of the molecule is CCS(=O)(=O)N1CC[C@@H](N(C)C)[C@@H]1Cc1cnn(C)c1. The highest BCUT2D eigenvalue weighted by molar-refractivity contribution is 7.89. The standard InChI is InChI=1S/C13H24N4O2S/c1-5-20(18,19)17-7-6-12(15(2)3)13(17)8-11-9-14-16(4)10-11/h9-10,12-13H,5-8H2,1-4H3/t12-,13+/m1/s1. The fourth-order valence-corrected chi connectivity index (χ4v) is 4.32. The van der Waals surface area contributed by atoms with Gasteiger partial charge in [0.25, 0.3) is 0 Å². The molecule has 0 N–H and O–H groups in total. The Bertz CT molecular complexity index is 552. The lowest BCUT2D eigenvalue weighted by atomic mass is 10.0. The third-order valence-electron chi connectivity index (χ3n) is 4.05. The van der Waals surface area contributed by atoms with Gasteiger partial charge in [0, 0.05) is 31.9 Å². The summed E-state index contributed by atoms with van der Waals surface area (Å²) in [4.78, 5) is 2.13. The zero-order chi connectivity index (χ0) is 14.9. The third kappa shape index (κ3) is 3.05. The first-order chi connectivity index (χ1) is 9.35. The highest BCUT2D eigenvalue weighted by Gasteiger charge is 2.41. The first-order valence-electron chi connectivity index (χ1n) is 6.98. The highest BCUT2D eigenvalue weighted by Crippen LogP contribution is 2.27. The Labute approximate surface area is 121 Å². The molecule has 0 unspecified atom stereocenters. The molecule has 0 aromatic carbocycles. The van der Waals surface area contributed by atoms with Gasteiger partial charge in [0.2, 0.25) is 10.0 Å². The maximum Gasteiger partial charge on any atom is 0.214 e. The van der Waals surface area contributed by atoms with Crippen molar-refractivity contribution < 1.29 is 8.42 Å². The van der Waals surface area contributed by atoms with E-state index in [1.807, 2.05) is 33.5 Å². The number of aromatic nitrogens is 2. The van der Waals surface area contributed by atoms with Gasteiger partial charge in [-0.05, 0) is 39.4 Å². The maximum atomic E-state index is 12.3. The molecule has 2 rings (SSSR count). The summed E-state index contributed by atoms with van der Waals surface area (Å²) in [5.74, 6) is 0.163. The summed E-state index contributed by atoms with van der Waals surface area (Å²) < 4.78 is 28.0. The Hall–Kier alpha value is -0.920. The van der Waals surface area contributed by atoms with E-state index < -0.39 is 10.0 Å². The van der Waals surface area contributed by atoms with Crippen molar-refractivity contribution in [1.29, 1.82) is 0 Å². The molecule has 0 saturated carbocycles. The molecule has 1 aromatic heterocycles. The number of hydrogen-bond acceptors (Lipinski definition) is 4. The molecule has 0 aliphatic carbocycles. The van der Waals surface area contributed by atoms with Gasteiger partial charge in [-0.1, -0.05) is 0 Å². The van der Waals surface area contributed by atoms with Crippen LogP contribution in [0, 0.1) is 0 Å². The molecule has 6 nitrogen and oxygen atoms in total. The Balaban J connectivity index is 2.25. The molecule has 0 spiro atoms. The van der Waals surface area contributed by atoms with Gasteiger partial charge in [-0.3, -0.25) is 4.68 Å². The average Bonchev–Trinajstić information content (AvgIpc) is 2.97. The first kappa shape index (κ1) is 15.5. The molecule has 2 heterocycles. The van der Waals surface area contributed by atoms with Crippen LogP contribution in [0.1, 0.15) is 18.9 Å². The van der Waals surface area contributed by atoms with Crippen LogP contribution in [0.4, 0.5) is 0 Å². The van der Waals surface area contributed by atoms with E-state index in [2.05, 4.69) is 10.00 Å². The van der Waals surface area contributed by atoms with Crippen LogP contribution in [-0.2, 0) is 23.5 Å². The molecule has 7 heteroatoms. The quantitative estimate of drug-likeness (QED) is 0.786. The van der Waals surface area contributed by atoms with Crippen molar-refractivity contribution in [2.24, 2.45) is 7.05 Å². The number of hydrogen-bond donors (Lipinski definition) is 0. The van der Waals surface area contributed by atoms with Crippen molar-refractivity contribution in [3.05, 3.63) is 18.0 Å². The molecular weight excluding hydrogens is 276 g/mol. The molecule has 1 aromatic rings. The molecule has 114 valence electrons. The van der Waals surface area contributed by atoms with E-state index in [0.717, 1.165) is 18.4 Å². The van der Waals surface area contributed by atoms with Crippen molar-refractivity contribution in [1.82, 2.24) is 19.0 Å². The smallest absolute Gasteiger partial charge is 0.214 e. The second-order valence-electron chi connectivity index (χ2n) is 5.62. The Kier molecular flexibility index (Phi) is 4.51. The average molecular weight is 300 g/mol. The molecular formula is C13H24N4O2S. The van der Waals surface area contributed by atoms with E-state index in [0.29, 0.717) is 6.54 Å². The highest BCUT2D eigenvalue weighted by atomic mass is 32.2. The summed E-state index contributed by atoms with van der Waals surface area (Å²) in [6, 6.07) is 0.260. The first-order valence-corrected chi connectivity index (χ1v) is 8.59.